The highest BCUT2D eigenvalue weighted by molar-refractivity contribution is 8.18. The molecule has 4 rings (SSSR count). The minimum Gasteiger partial charge on any atom is -0.366 e. The van der Waals surface area contributed by atoms with Gasteiger partial charge in [0, 0.05) is 34.9 Å². The molecule has 0 radical (unpaired) electrons. The summed E-state index contributed by atoms with van der Waals surface area (Å²) in [4.78, 5) is 39.9. The first kappa shape index (κ1) is 25.3. The number of hydrogen-bond donors (Lipinski definition) is 0. The molecule has 0 aromatic heterocycles. The topological polar surface area (TPSA) is 83.8 Å². The van der Waals surface area contributed by atoms with Crippen molar-refractivity contribution < 1.29 is 14.5 Å². The van der Waals surface area contributed by atoms with Crippen LogP contribution in [0.4, 0.5) is 16.2 Å². The van der Waals surface area contributed by atoms with Crippen molar-refractivity contribution >= 4 is 52.0 Å². The molecule has 2 aliphatic heterocycles. The van der Waals surface area contributed by atoms with Gasteiger partial charge in [0.2, 0.25) is 0 Å². The van der Waals surface area contributed by atoms with E-state index < -0.39 is 10.8 Å². The molecule has 2 heterocycles. The lowest BCUT2D eigenvalue weighted by Crippen LogP contribution is -2.48. The van der Waals surface area contributed by atoms with Crippen LogP contribution in [0.5, 0.6) is 0 Å². The van der Waals surface area contributed by atoms with Crippen LogP contribution >= 0.6 is 23.4 Å². The van der Waals surface area contributed by atoms with Crippen molar-refractivity contribution in [3.05, 3.63) is 73.1 Å². The number of amides is 2. The molecule has 2 aromatic carbocycles. The van der Waals surface area contributed by atoms with E-state index in [9.17, 15) is 19.7 Å². The third-order valence-electron chi connectivity index (χ3n) is 6.60. The first-order valence-corrected chi connectivity index (χ1v) is 12.8. The second kappa shape index (κ2) is 9.66. The molecule has 1 saturated heterocycles. The molecule has 7 nitrogen and oxygen atoms in total. The SMILES string of the molecule is CCCN1c2cc(Cl)c(/C=C3/SC(=O)N(Cc4ccc([N+](=O)[O-])cc4)C3=O)cc2C(C)CC1(C)C. The summed E-state index contributed by atoms with van der Waals surface area (Å²) in [5.74, 6) is -0.0661. The van der Waals surface area contributed by atoms with Gasteiger partial charge >= 0.3 is 0 Å². The fourth-order valence-corrected chi connectivity index (χ4v) is 6.00. The second-order valence-corrected chi connectivity index (χ2v) is 11.1. The Bertz CT molecular complexity index is 1230. The number of carbonyl (C=O) groups excluding carboxylic acids is 2. The summed E-state index contributed by atoms with van der Waals surface area (Å²) in [7, 11) is 0. The average Bonchev–Trinajstić information content (AvgIpc) is 3.05. The molecule has 0 bridgehead atoms. The van der Waals surface area contributed by atoms with Gasteiger partial charge in [-0.1, -0.05) is 37.6 Å². The zero-order chi connectivity index (χ0) is 25.5. The number of hydrogen-bond acceptors (Lipinski definition) is 6. The molecule has 1 unspecified atom stereocenters. The molecule has 0 aliphatic carbocycles. The third kappa shape index (κ3) is 4.95. The molecule has 1 fully saturated rings. The first-order chi connectivity index (χ1) is 16.5. The number of imide groups is 1. The van der Waals surface area contributed by atoms with E-state index in [1.165, 1.54) is 17.7 Å². The van der Waals surface area contributed by atoms with Crippen molar-refractivity contribution in [2.45, 2.75) is 58.5 Å². The van der Waals surface area contributed by atoms with E-state index in [2.05, 4.69) is 32.6 Å². The van der Waals surface area contributed by atoms with Crippen molar-refractivity contribution in [3.63, 3.8) is 0 Å². The molecule has 2 aromatic rings. The van der Waals surface area contributed by atoms with Gasteiger partial charge < -0.3 is 4.90 Å². The van der Waals surface area contributed by atoms with E-state index in [1.54, 1.807) is 18.2 Å². The molecule has 0 spiro atoms. The van der Waals surface area contributed by atoms with Gasteiger partial charge in [-0.2, -0.15) is 0 Å². The van der Waals surface area contributed by atoms with E-state index in [0.29, 0.717) is 27.0 Å². The van der Waals surface area contributed by atoms with E-state index in [1.807, 2.05) is 12.1 Å². The standard InChI is InChI=1S/C26H28ClN3O4S/c1-5-10-29-22-13-21(27)18(11-20(22)16(2)14-26(29,3)4)12-23-24(31)28(25(32)35-23)15-17-6-8-19(9-7-17)30(33)34/h6-9,11-13,16H,5,10,14-15H2,1-4H3/b23-12+. The molecule has 35 heavy (non-hydrogen) atoms. The van der Waals surface area contributed by atoms with Crippen LogP contribution in [0, 0.1) is 10.1 Å². The van der Waals surface area contributed by atoms with Gasteiger partial charge in [-0.3, -0.25) is 24.6 Å². The highest BCUT2D eigenvalue weighted by atomic mass is 35.5. The average molecular weight is 514 g/mol. The summed E-state index contributed by atoms with van der Waals surface area (Å²) in [5, 5.41) is 11.0. The number of fused-ring (bicyclic) bond motifs is 1. The van der Waals surface area contributed by atoms with Crippen LogP contribution in [-0.4, -0.2) is 33.1 Å². The Labute approximate surface area is 214 Å². The lowest BCUT2D eigenvalue weighted by molar-refractivity contribution is -0.384. The van der Waals surface area contributed by atoms with Gasteiger partial charge in [-0.15, -0.1) is 0 Å². The number of benzene rings is 2. The van der Waals surface area contributed by atoms with E-state index >= 15 is 0 Å². The maximum atomic E-state index is 13.0. The van der Waals surface area contributed by atoms with Crippen molar-refractivity contribution in [1.82, 2.24) is 4.90 Å². The Hall–Kier alpha value is -2.84. The summed E-state index contributed by atoms with van der Waals surface area (Å²) in [6, 6.07) is 9.86. The number of carbonyl (C=O) groups is 2. The molecular weight excluding hydrogens is 486 g/mol. The number of anilines is 1. The van der Waals surface area contributed by atoms with Crippen molar-refractivity contribution in [1.29, 1.82) is 0 Å². The fourth-order valence-electron chi connectivity index (χ4n) is 4.96. The number of nitrogens with zero attached hydrogens (tertiary/aromatic N) is 3. The quantitative estimate of drug-likeness (QED) is 0.235. The number of non-ortho nitro benzene ring substituents is 1. The maximum absolute atomic E-state index is 13.0. The van der Waals surface area contributed by atoms with Gasteiger partial charge in [0.25, 0.3) is 16.8 Å². The summed E-state index contributed by atoms with van der Waals surface area (Å²) in [6.45, 7) is 9.87. The predicted octanol–water partition coefficient (Wildman–Crippen LogP) is 6.99. The molecule has 0 saturated carbocycles. The van der Waals surface area contributed by atoms with Crippen molar-refractivity contribution in [2.75, 3.05) is 11.4 Å². The van der Waals surface area contributed by atoms with Gasteiger partial charge in [-0.05, 0) is 79.3 Å². The zero-order valence-corrected chi connectivity index (χ0v) is 21.8. The van der Waals surface area contributed by atoms with Crippen LogP contribution in [0.2, 0.25) is 5.02 Å². The van der Waals surface area contributed by atoms with Crippen LogP contribution in [0.25, 0.3) is 6.08 Å². The summed E-state index contributed by atoms with van der Waals surface area (Å²) >= 11 is 7.57. The molecule has 9 heteroatoms. The number of nitro groups is 1. The summed E-state index contributed by atoms with van der Waals surface area (Å²) in [6.07, 6.45) is 3.73. The number of nitro benzene ring substituents is 1. The normalized spacial score (nSPS) is 20.5. The number of halogens is 1. The smallest absolute Gasteiger partial charge is 0.293 e. The van der Waals surface area contributed by atoms with Crippen molar-refractivity contribution in [3.8, 4) is 0 Å². The van der Waals surface area contributed by atoms with Gasteiger partial charge in [0.1, 0.15) is 0 Å². The van der Waals surface area contributed by atoms with Crippen molar-refractivity contribution in [2.24, 2.45) is 0 Å². The molecule has 2 aliphatic rings. The van der Waals surface area contributed by atoms with E-state index in [4.69, 9.17) is 11.6 Å². The lowest BCUT2D eigenvalue weighted by Gasteiger charge is -2.47. The second-order valence-electron chi connectivity index (χ2n) is 9.69. The van der Waals surface area contributed by atoms with Gasteiger partial charge in [0.15, 0.2) is 0 Å². The Morgan fingerprint density at radius 1 is 1.23 bits per heavy atom. The Morgan fingerprint density at radius 3 is 2.54 bits per heavy atom. The predicted molar refractivity (Wildman–Crippen MR) is 141 cm³/mol. The monoisotopic (exact) mass is 513 g/mol. The summed E-state index contributed by atoms with van der Waals surface area (Å²) < 4.78 is 0. The highest BCUT2D eigenvalue weighted by Crippen LogP contribution is 2.46. The van der Waals surface area contributed by atoms with Crippen LogP contribution in [-0.2, 0) is 11.3 Å². The Morgan fingerprint density at radius 2 is 1.91 bits per heavy atom. The highest BCUT2D eigenvalue weighted by Gasteiger charge is 2.37. The first-order valence-electron chi connectivity index (χ1n) is 11.6. The van der Waals surface area contributed by atoms with Crippen LogP contribution in [0.15, 0.2) is 41.3 Å². The van der Waals surface area contributed by atoms with Crippen LogP contribution in [0.1, 0.15) is 63.1 Å². The minimum atomic E-state index is -0.488. The Kier molecular flexibility index (Phi) is 6.97. The molecule has 184 valence electrons. The molecular formula is C26H28ClN3O4S. The van der Waals surface area contributed by atoms with Crippen LogP contribution < -0.4 is 4.90 Å². The van der Waals surface area contributed by atoms with Gasteiger partial charge in [0.05, 0.1) is 16.4 Å². The fraction of sp³-hybridized carbons (Fsp3) is 0.385. The van der Waals surface area contributed by atoms with E-state index in [-0.39, 0.29) is 23.0 Å². The Balaban J connectivity index is 1.61. The van der Waals surface area contributed by atoms with Crippen LogP contribution in [0.3, 0.4) is 0 Å². The van der Waals surface area contributed by atoms with E-state index in [0.717, 1.165) is 41.7 Å². The molecule has 1 atom stereocenters. The largest absolute Gasteiger partial charge is 0.366 e. The number of rotatable bonds is 6. The van der Waals surface area contributed by atoms with Gasteiger partial charge in [-0.25, -0.2) is 0 Å². The minimum absolute atomic E-state index is 0.0216. The maximum Gasteiger partial charge on any atom is 0.293 e. The third-order valence-corrected chi connectivity index (χ3v) is 7.83. The molecule has 0 N–H and O–H groups in total. The number of thioether (sulfide) groups is 1. The summed E-state index contributed by atoms with van der Waals surface area (Å²) in [5.41, 5.74) is 3.66. The molecule has 2 amide bonds. The lowest BCUT2D eigenvalue weighted by atomic mass is 9.79. The zero-order valence-electron chi connectivity index (χ0n) is 20.2.